The first kappa shape index (κ1) is 21.8. The van der Waals surface area contributed by atoms with E-state index in [9.17, 15) is 9.59 Å². The Morgan fingerprint density at radius 3 is 2.60 bits per heavy atom. The van der Waals surface area contributed by atoms with Gasteiger partial charge in [-0.05, 0) is 30.5 Å². The third-order valence-electron chi connectivity index (χ3n) is 5.30. The van der Waals surface area contributed by atoms with Crippen molar-refractivity contribution < 1.29 is 14.3 Å². The second kappa shape index (κ2) is 10.8. The molecule has 0 spiro atoms. The van der Waals surface area contributed by atoms with Crippen molar-refractivity contribution in [3.05, 3.63) is 72.6 Å². The van der Waals surface area contributed by atoms with Gasteiger partial charge in [0.15, 0.2) is 0 Å². The molecule has 2 aromatic rings. The summed E-state index contributed by atoms with van der Waals surface area (Å²) < 4.78 is 7.37. The Kier molecular flexibility index (Phi) is 7.85. The normalized spacial score (nSPS) is 13.1. The lowest BCUT2D eigenvalue weighted by atomic mass is 10.2. The van der Waals surface area contributed by atoms with E-state index < -0.39 is 0 Å². The largest absolute Gasteiger partial charge is 0.383 e. The number of methoxy groups -OCH3 is 1. The smallest absolute Gasteiger partial charge is 0.242 e. The summed E-state index contributed by atoms with van der Waals surface area (Å²) in [5, 5.41) is 0. The van der Waals surface area contributed by atoms with Crippen LogP contribution >= 0.6 is 0 Å². The van der Waals surface area contributed by atoms with Gasteiger partial charge in [0.1, 0.15) is 6.54 Å². The fourth-order valence-corrected chi connectivity index (χ4v) is 3.46. The van der Waals surface area contributed by atoms with Crippen LogP contribution in [0.1, 0.15) is 24.1 Å². The fourth-order valence-electron chi connectivity index (χ4n) is 3.46. The summed E-state index contributed by atoms with van der Waals surface area (Å²) in [5.41, 5.74) is 2.25. The van der Waals surface area contributed by atoms with Gasteiger partial charge in [-0.25, -0.2) is 0 Å². The molecule has 0 radical (unpaired) electrons. The van der Waals surface area contributed by atoms with E-state index in [2.05, 4.69) is 23.3 Å². The van der Waals surface area contributed by atoms with Gasteiger partial charge in [0.05, 0.1) is 13.2 Å². The highest BCUT2D eigenvalue weighted by molar-refractivity contribution is 5.87. The molecule has 0 bridgehead atoms. The lowest BCUT2D eigenvalue weighted by Gasteiger charge is -2.27. The van der Waals surface area contributed by atoms with Crippen LogP contribution in [0.5, 0.6) is 0 Å². The molecule has 30 heavy (non-hydrogen) atoms. The zero-order valence-corrected chi connectivity index (χ0v) is 17.7. The quantitative estimate of drug-likeness (QED) is 0.507. The number of aromatic nitrogens is 1. The van der Waals surface area contributed by atoms with Crippen LogP contribution in [-0.4, -0.2) is 59.5 Å². The minimum atomic E-state index is -0.0737. The van der Waals surface area contributed by atoms with Crippen LogP contribution in [0.3, 0.4) is 0 Å². The number of carbonyl (C=O) groups excluding carboxylic acids is 2. The van der Waals surface area contributed by atoms with Gasteiger partial charge >= 0.3 is 0 Å². The Hall–Kier alpha value is -2.86. The number of nitrogens with zero attached hydrogens (tertiary/aromatic N) is 3. The summed E-state index contributed by atoms with van der Waals surface area (Å²) in [7, 11) is 1.63. The van der Waals surface area contributed by atoms with Gasteiger partial charge in [-0.2, -0.15) is 0 Å². The Bertz CT molecular complexity index is 842. The average molecular weight is 410 g/mol. The highest BCUT2D eigenvalue weighted by Crippen LogP contribution is 2.31. The molecule has 0 N–H and O–H groups in total. The zero-order chi connectivity index (χ0) is 21.3. The first-order valence-corrected chi connectivity index (χ1v) is 10.5. The molecular formula is C24H31N3O3. The van der Waals surface area contributed by atoms with Crippen molar-refractivity contribution in [1.29, 1.82) is 0 Å². The third-order valence-corrected chi connectivity index (χ3v) is 5.30. The number of ether oxygens (including phenoxy) is 1. The average Bonchev–Trinajstić information content (AvgIpc) is 3.52. The first-order valence-electron chi connectivity index (χ1n) is 10.5. The van der Waals surface area contributed by atoms with Gasteiger partial charge in [-0.15, -0.1) is 6.58 Å². The fraction of sp³-hybridized carbons (Fsp3) is 0.417. The van der Waals surface area contributed by atoms with Crippen molar-refractivity contribution in [1.82, 2.24) is 14.4 Å². The van der Waals surface area contributed by atoms with Gasteiger partial charge < -0.3 is 19.1 Å². The highest BCUT2D eigenvalue weighted by atomic mass is 16.5. The second-order valence-corrected chi connectivity index (χ2v) is 7.70. The van der Waals surface area contributed by atoms with Crippen LogP contribution in [0.15, 0.2) is 61.3 Å². The van der Waals surface area contributed by atoms with E-state index in [0.29, 0.717) is 26.2 Å². The van der Waals surface area contributed by atoms with Crippen LogP contribution in [0.25, 0.3) is 0 Å². The standard InChI is InChI=1S/C24H31N3O3/c1-3-13-27(24(29)21-11-12-21)19-23(28)26(15-16-30-2)18-22-10-7-14-25(22)17-20-8-5-4-6-9-20/h3-10,14,21H,1,11-13,15-19H2,2H3. The topological polar surface area (TPSA) is 54.8 Å². The van der Waals surface area contributed by atoms with Gasteiger partial charge in [0.2, 0.25) is 11.8 Å². The molecule has 1 aliphatic carbocycles. The maximum Gasteiger partial charge on any atom is 0.242 e. The van der Waals surface area contributed by atoms with Gasteiger partial charge in [0, 0.05) is 44.6 Å². The molecule has 0 aliphatic heterocycles. The van der Waals surface area contributed by atoms with E-state index >= 15 is 0 Å². The molecule has 1 saturated carbocycles. The number of rotatable bonds is 12. The van der Waals surface area contributed by atoms with Crippen molar-refractivity contribution in [3.63, 3.8) is 0 Å². The molecule has 6 nitrogen and oxygen atoms in total. The lowest BCUT2D eigenvalue weighted by molar-refractivity contribution is -0.141. The van der Waals surface area contributed by atoms with E-state index in [1.165, 1.54) is 5.56 Å². The molecule has 1 fully saturated rings. The van der Waals surface area contributed by atoms with Gasteiger partial charge in [-0.1, -0.05) is 36.4 Å². The van der Waals surface area contributed by atoms with E-state index in [4.69, 9.17) is 4.74 Å². The van der Waals surface area contributed by atoms with Crippen LogP contribution in [-0.2, 0) is 27.4 Å². The summed E-state index contributed by atoms with van der Waals surface area (Å²) in [5.74, 6) is 0.0611. The number of hydrogen-bond acceptors (Lipinski definition) is 3. The lowest BCUT2D eigenvalue weighted by Crippen LogP contribution is -2.44. The van der Waals surface area contributed by atoms with E-state index in [1.54, 1.807) is 23.0 Å². The Balaban J connectivity index is 1.69. The molecule has 0 saturated heterocycles. The minimum Gasteiger partial charge on any atom is -0.383 e. The van der Waals surface area contributed by atoms with E-state index in [-0.39, 0.29) is 24.3 Å². The summed E-state index contributed by atoms with van der Waals surface area (Å²) in [6, 6.07) is 14.3. The molecule has 1 aromatic carbocycles. The second-order valence-electron chi connectivity index (χ2n) is 7.70. The van der Waals surface area contributed by atoms with Crippen LogP contribution in [0, 0.1) is 5.92 Å². The predicted molar refractivity (Wildman–Crippen MR) is 117 cm³/mol. The van der Waals surface area contributed by atoms with Crippen molar-refractivity contribution in [2.45, 2.75) is 25.9 Å². The Morgan fingerprint density at radius 1 is 1.17 bits per heavy atom. The molecule has 1 aliphatic rings. The maximum atomic E-state index is 13.1. The number of carbonyl (C=O) groups is 2. The zero-order valence-electron chi connectivity index (χ0n) is 17.7. The molecule has 6 heteroatoms. The van der Waals surface area contributed by atoms with Crippen LogP contribution < -0.4 is 0 Å². The molecule has 0 atom stereocenters. The van der Waals surface area contributed by atoms with Gasteiger partial charge in [-0.3, -0.25) is 9.59 Å². The molecule has 1 aromatic heterocycles. The molecule has 2 amide bonds. The summed E-state index contributed by atoms with van der Waals surface area (Å²) in [6.07, 6.45) is 5.54. The van der Waals surface area contributed by atoms with Crippen molar-refractivity contribution in [2.24, 2.45) is 5.92 Å². The summed E-state index contributed by atoms with van der Waals surface area (Å²) in [6.45, 7) is 6.35. The molecule has 1 heterocycles. The Labute approximate surface area is 178 Å². The van der Waals surface area contributed by atoms with Crippen LogP contribution in [0.2, 0.25) is 0 Å². The molecule has 3 rings (SSSR count). The van der Waals surface area contributed by atoms with E-state index in [1.807, 2.05) is 36.5 Å². The molecule has 160 valence electrons. The highest BCUT2D eigenvalue weighted by Gasteiger charge is 2.34. The van der Waals surface area contributed by atoms with Crippen LogP contribution in [0.4, 0.5) is 0 Å². The predicted octanol–water partition coefficient (Wildman–Crippen LogP) is 2.94. The number of amides is 2. The third kappa shape index (κ3) is 6.07. The maximum absolute atomic E-state index is 13.1. The van der Waals surface area contributed by atoms with E-state index in [0.717, 1.165) is 25.1 Å². The van der Waals surface area contributed by atoms with Crippen molar-refractivity contribution in [3.8, 4) is 0 Å². The first-order chi connectivity index (χ1) is 14.6. The molecule has 0 unspecified atom stereocenters. The van der Waals surface area contributed by atoms with Gasteiger partial charge in [0.25, 0.3) is 0 Å². The molecular weight excluding hydrogens is 378 g/mol. The minimum absolute atomic E-state index is 0.0578. The number of hydrogen-bond donors (Lipinski definition) is 0. The van der Waals surface area contributed by atoms with Crippen molar-refractivity contribution in [2.75, 3.05) is 33.4 Å². The Morgan fingerprint density at radius 2 is 1.93 bits per heavy atom. The van der Waals surface area contributed by atoms with Crippen molar-refractivity contribution >= 4 is 11.8 Å². The summed E-state index contributed by atoms with van der Waals surface area (Å²) >= 11 is 0. The SMILES string of the molecule is C=CCN(CC(=O)N(CCOC)Cc1cccn1Cc1ccccc1)C(=O)C1CC1. The number of benzene rings is 1. The monoisotopic (exact) mass is 409 g/mol. The summed E-state index contributed by atoms with van der Waals surface area (Å²) in [4.78, 5) is 29.0.